The molecule has 2 aromatic carbocycles. The van der Waals surface area contributed by atoms with Gasteiger partial charge in [-0.25, -0.2) is 4.68 Å². The summed E-state index contributed by atoms with van der Waals surface area (Å²) in [6, 6.07) is 18.9. The van der Waals surface area contributed by atoms with Crippen LogP contribution in [0.5, 0.6) is 0 Å². The summed E-state index contributed by atoms with van der Waals surface area (Å²) < 4.78 is 1.94. The van der Waals surface area contributed by atoms with E-state index in [9.17, 15) is 0 Å². The van der Waals surface area contributed by atoms with Crippen molar-refractivity contribution in [2.45, 2.75) is 13.0 Å². The van der Waals surface area contributed by atoms with Crippen LogP contribution in [0.2, 0.25) is 0 Å². The Hall–Kier alpha value is -2.55. The Kier molecular flexibility index (Phi) is 2.96. The highest BCUT2D eigenvalue weighted by Crippen LogP contribution is 2.24. The fourth-order valence-electron chi connectivity index (χ4n) is 2.91. The van der Waals surface area contributed by atoms with Gasteiger partial charge in [0.2, 0.25) is 0 Å². The molecular formula is C18H17N3. The fourth-order valence-corrected chi connectivity index (χ4v) is 2.91. The number of benzene rings is 2. The topological polar surface area (TPSA) is 21.1 Å². The second-order valence-corrected chi connectivity index (χ2v) is 5.42. The minimum atomic E-state index is 0.969. The highest BCUT2D eigenvalue weighted by atomic mass is 15.3. The van der Waals surface area contributed by atoms with Crippen LogP contribution in [0.1, 0.15) is 11.1 Å². The number of fused-ring (bicyclic) bond motifs is 1. The minimum absolute atomic E-state index is 0.969. The van der Waals surface area contributed by atoms with E-state index in [-0.39, 0.29) is 0 Å². The van der Waals surface area contributed by atoms with Crippen molar-refractivity contribution in [3.8, 4) is 5.69 Å². The largest absolute Gasteiger partial charge is 0.364 e. The van der Waals surface area contributed by atoms with Crippen LogP contribution < -0.4 is 4.90 Å². The number of para-hydroxylation sites is 1. The van der Waals surface area contributed by atoms with Crippen molar-refractivity contribution in [2.24, 2.45) is 0 Å². The lowest BCUT2D eigenvalue weighted by molar-refractivity contribution is 0.731. The van der Waals surface area contributed by atoms with Crippen LogP contribution >= 0.6 is 0 Å². The summed E-state index contributed by atoms with van der Waals surface area (Å²) in [7, 11) is 0. The van der Waals surface area contributed by atoms with Gasteiger partial charge in [0.25, 0.3) is 0 Å². The fraction of sp³-hybridized carbons (Fsp3) is 0.167. The Morgan fingerprint density at radius 2 is 1.57 bits per heavy atom. The molecule has 0 bridgehead atoms. The van der Waals surface area contributed by atoms with Crippen LogP contribution in [0.15, 0.2) is 67.0 Å². The molecule has 0 aliphatic carbocycles. The Morgan fingerprint density at radius 1 is 0.810 bits per heavy atom. The predicted octanol–water partition coefficient (Wildman–Crippen LogP) is 3.44. The first-order chi connectivity index (χ1) is 10.4. The molecule has 0 radical (unpaired) electrons. The van der Waals surface area contributed by atoms with E-state index < -0.39 is 0 Å². The number of hydrogen-bond donors (Lipinski definition) is 0. The maximum Gasteiger partial charge on any atom is 0.0760 e. The first-order valence-corrected chi connectivity index (χ1v) is 7.32. The Morgan fingerprint density at radius 3 is 2.43 bits per heavy atom. The second-order valence-electron chi connectivity index (χ2n) is 5.42. The number of rotatable bonds is 2. The average Bonchev–Trinajstić information content (AvgIpc) is 3.05. The number of anilines is 1. The van der Waals surface area contributed by atoms with Gasteiger partial charge < -0.3 is 4.90 Å². The third-order valence-electron chi connectivity index (χ3n) is 4.09. The van der Waals surface area contributed by atoms with E-state index in [1.165, 1.54) is 16.8 Å². The summed E-state index contributed by atoms with van der Waals surface area (Å²) in [6.07, 6.45) is 5.18. The smallest absolute Gasteiger partial charge is 0.0760 e. The van der Waals surface area contributed by atoms with Gasteiger partial charge >= 0.3 is 0 Å². The zero-order chi connectivity index (χ0) is 14.1. The van der Waals surface area contributed by atoms with Gasteiger partial charge in [-0.2, -0.15) is 5.10 Å². The van der Waals surface area contributed by atoms with E-state index in [1.54, 1.807) is 0 Å². The molecule has 0 fully saturated rings. The Labute approximate surface area is 124 Å². The van der Waals surface area contributed by atoms with E-state index in [1.807, 2.05) is 29.1 Å². The van der Waals surface area contributed by atoms with Crippen LogP contribution in [0.4, 0.5) is 5.69 Å². The summed E-state index contributed by atoms with van der Waals surface area (Å²) in [5.41, 5.74) is 5.19. The molecule has 3 aromatic rings. The summed E-state index contributed by atoms with van der Waals surface area (Å²) in [6.45, 7) is 2.02. The molecule has 0 saturated heterocycles. The highest BCUT2D eigenvalue weighted by Gasteiger charge is 2.17. The normalized spacial score (nSPS) is 14.0. The van der Waals surface area contributed by atoms with E-state index in [0.717, 1.165) is 25.2 Å². The molecule has 0 N–H and O–H groups in total. The standard InChI is InChI=1S/C18H17N3/c1-2-8-17(9-3-1)21-14-18(12-19-21)20-11-10-15-6-4-5-7-16(15)13-20/h1-9,12,14H,10-11,13H2. The van der Waals surface area contributed by atoms with Crippen LogP contribution in [0.25, 0.3) is 5.69 Å². The third-order valence-corrected chi connectivity index (χ3v) is 4.09. The first kappa shape index (κ1) is 12.2. The van der Waals surface area contributed by atoms with E-state index in [4.69, 9.17) is 0 Å². The molecule has 3 nitrogen and oxygen atoms in total. The van der Waals surface area contributed by atoms with E-state index in [0.29, 0.717) is 0 Å². The van der Waals surface area contributed by atoms with Crippen molar-refractivity contribution in [1.29, 1.82) is 0 Å². The van der Waals surface area contributed by atoms with Crippen LogP contribution in [-0.2, 0) is 13.0 Å². The van der Waals surface area contributed by atoms with Gasteiger partial charge in [0.1, 0.15) is 0 Å². The van der Waals surface area contributed by atoms with Gasteiger partial charge in [-0.3, -0.25) is 0 Å². The maximum atomic E-state index is 4.49. The summed E-state index contributed by atoms with van der Waals surface area (Å²) >= 11 is 0. The minimum Gasteiger partial charge on any atom is -0.364 e. The lowest BCUT2D eigenvalue weighted by Gasteiger charge is -2.29. The molecule has 4 rings (SSSR count). The van der Waals surface area contributed by atoms with Crippen molar-refractivity contribution in [2.75, 3.05) is 11.4 Å². The van der Waals surface area contributed by atoms with Crippen LogP contribution in [0, 0.1) is 0 Å². The highest BCUT2D eigenvalue weighted by molar-refractivity contribution is 5.48. The molecular weight excluding hydrogens is 258 g/mol. The lowest BCUT2D eigenvalue weighted by Crippen LogP contribution is -2.29. The molecule has 1 aliphatic rings. The van der Waals surface area contributed by atoms with Crippen molar-refractivity contribution in [1.82, 2.24) is 9.78 Å². The number of hydrogen-bond acceptors (Lipinski definition) is 2. The molecule has 1 aliphatic heterocycles. The van der Waals surface area contributed by atoms with Crippen molar-refractivity contribution >= 4 is 5.69 Å². The van der Waals surface area contributed by atoms with Crippen molar-refractivity contribution in [3.05, 3.63) is 78.1 Å². The molecule has 21 heavy (non-hydrogen) atoms. The summed E-state index contributed by atoms with van der Waals surface area (Å²) in [5, 5.41) is 4.49. The molecule has 0 spiro atoms. The zero-order valence-corrected chi connectivity index (χ0v) is 11.8. The summed E-state index contributed by atoms with van der Waals surface area (Å²) in [4.78, 5) is 2.40. The van der Waals surface area contributed by atoms with Crippen molar-refractivity contribution in [3.63, 3.8) is 0 Å². The molecule has 0 atom stereocenters. The van der Waals surface area contributed by atoms with E-state index in [2.05, 4.69) is 52.6 Å². The molecule has 0 amide bonds. The van der Waals surface area contributed by atoms with Crippen molar-refractivity contribution < 1.29 is 0 Å². The number of nitrogens with zero attached hydrogens (tertiary/aromatic N) is 3. The zero-order valence-electron chi connectivity index (χ0n) is 11.8. The van der Waals surface area contributed by atoms with E-state index >= 15 is 0 Å². The van der Waals surface area contributed by atoms with Gasteiger partial charge in [-0.15, -0.1) is 0 Å². The Balaban J connectivity index is 1.60. The quantitative estimate of drug-likeness (QED) is 0.714. The lowest BCUT2D eigenvalue weighted by atomic mass is 10.00. The first-order valence-electron chi connectivity index (χ1n) is 7.32. The van der Waals surface area contributed by atoms with Gasteiger partial charge in [0.05, 0.1) is 23.8 Å². The van der Waals surface area contributed by atoms with Crippen LogP contribution in [0.3, 0.4) is 0 Å². The molecule has 0 unspecified atom stereocenters. The SMILES string of the molecule is c1ccc(-n2cc(N3CCc4ccccc4C3)cn2)cc1. The average molecular weight is 275 g/mol. The molecule has 1 aromatic heterocycles. The maximum absolute atomic E-state index is 4.49. The predicted molar refractivity (Wildman–Crippen MR) is 84.8 cm³/mol. The van der Waals surface area contributed by atoms with Crippen LogP contribution in [-0.4, -0.2) is 16.3 Å². The third kappa shape index (κ3) is 2.31. The molecule has 3 heteroatoms. The molecule has 2 heterocycles. The summed E-state index contributed by atoms with van der Waals surface area (Å²) in [5.74, 6) is 0. The van der Waals surface area contributed by atoms with Gasteiger partial charge in [-0.05, 0) is 29.7 Å². The van der Waals surface area contributed by atoms with Gasteiger partial charge in [-0.1, -0.05) is 42.5 Å². The molecule has 0 saturated carbocycles. The molecule has 104 valence electrons. The Bertz CT molecular complexity index is 746. The van der Waals surface area contributed by atoms with Gasteiger partial charge in [0.15, 0.2) is 0 Å². The second kappa shape index (κ2) is 5.09. The monoisotopic (exact) mass is 275 g/mol. The number of aromatic nitrogens is 2. The van der Waals surface area contributed by atoms with Gasteiger partial charge in [0, 0.05) is 13.1 Å².